The van der Waals surface area contributed by atoms with E-state index in [2.05, 4.69) is 36.8 Å². The van der Waals surface area contributed by atoms with E-state index in [0.29, 0.717) is 36.7 Å². The summed E-state index contributed by atoms with van der Waals surface area (Å²) in [5.41, 5.74) is 1.14. The highest BCUT2D eigenvalue weighted by Crippen LogP contribution is 2.28. The van der Waals surface area contributed by atoms with Gasteiger partial charge in [-0.25, -0.2) is 4.98 Å². The van der Waals surface area contributed by atoms with Gasteiger partial charge in [0.1, 0.15) is 11.6 Å². The molecule has 0 bridgehead atoms. The summed E-state index contributed by atoms with van der Waals surface area (Å²) in [6.45, 7) is -0.194. The zero-order valence-corrected chi connectivity index (χ0v) is 19.4. The Balaban J connectivity index is 1.72. The molecule has 2 heterocycles. The van der Waals surface area contributed by atoms with Gasteiger partial charge in [0.15, 0.2) is 0 Å². The van der Waals surface area contributed by atoms with Crippen molar-refractivity contribution in [1.29, 1.82) is 0 Å². The highest BCUT2D eigenvalue weighted by atomic mass is 79.9. The van der Waals surface area contributed by atoms with Crippen LogP contribution < -0.4 is 5.56 Å². The molecule has 2 amide bonds. The molecule has 1 aromatic heterocycles. The van der Waals surface area contributed by atoms with Crippen molar-refractivity contribution < 1.29 is 14.7 Å². The lowest BCUT2D eigenvalue weighted by molar-refractivity contribution is 0.0637. The second-order valence-corrected chi connectivity index (χ2v) is 8.98. The van der Waals surface area contributed by atoms with E-state index < -0.39 is 11.8 Å². The molecule has 0 fully saturated rings. The van der Waals surface area contributed by atoms with E-state index in [-0.39, 0.29) is 23.7 Å². The van der Waals surface area contributed by atoms with E-state index in [4.69, 9.17) is 0 Å². The number of carbonyl (C=O) groups is 2. The van der Waals surface area contributed by atoms with E-state index in [9.17, 15) is 19.5 Å². The molecule has 0 saturated heterocycles. The van der Waals surface area contributed by atoms with Crippen LogP contribution in [0.1, 0.15) is 26.5 Å². The Morgan fingerprint density at radius 2 is 1.50 bits per heavy atom. The molecule has 0 saturated carbocycles. The topological polar surface area (TPSA) is 92.5 Å². The number of halogens is 2. The molecule has 158 valence electrons. The highest BCUT2D eigenvalue weighted by Gasteiger charge is 2.36. The third-order valence-corrected chi connectivity index (χ3v) is 6.31. The summed E-state index contributed by atoms with van der Waals surface area (Å²) in [5.74, 6) is -0.618. The van der Waals surface area contributed by atoms with Crippen molar-refractivity contribution in [2.45, 2.75) is 6.54 Å². The molecule has 0 aliphatic carbocycles. The number of phenolic OH excluding ortho intramolecular Hbond substituents is 1. The minimum atomic E-state index is -0.438. The monoisotopic (exact) mass is 553 g/mol. The third kappa shape index (κ3) is 3.25. The molecular formula is C23H13Br2N3O4. The number of nitrogens with zero attached hydrogens (tertiary/aromatic N) is 3. The van der Waals surface area contributed by atoms with Crippen LogP contribution in [0.25, 0.3) is 16.6 Å². The molecule has 0 spiro atoms. The Kier molecular flexibility index (Phi) is 4.94. The molecule has 4 aromatic rings. The molecular weight excluding hydrogens is 542 g/mol. The number of fused-ring (bicyclic) bond motifs is 2. The van der Waals surface area contributed by atoms with E-state index in [1.807, 2.05) is 0 Å². The molecule has 0 radical (unpaired) electrons. The maximum absolute atomic E-state index is 13.5. The number of imide groups is 1. The van der Waals surface area contributed by atoms with Crippen LogP contribution >= 0.6 is 31.9 Å². The van der Waals surface area contributed by atoms with E-state index >= 15 is 0 Å². The summed E-state index contributed by atoms with van der Waals surface area (Å²) >= 11 is 6.84. The number of hydrogen-bond donors (Lipinski definition) is 1. The molecule has 3 aromatic carbocycles. The normalized spacial score (nSPS) is 13.1. The lowest BCUT2D eigenvalue weighted by Gasteiger charge is -2.19. The number of phenols is 1. The van der Waals surface area contributed by atoms with Gasteiger partial charge >= 0.3 is 0 Å². The number of aromatic hydroxyl groups is 1. The highest BCUT2D eigenvalue weighted by molar-refractivity contribution is 9.11. The molecule has 0 unspecified atom stereocenters. The number of aromatic nitrogens is 2. The summed E-state index contributed by atoms with van der Waals surface area (Å²) in [4.78, 5) is 45.1. The van der Waals surface area contributed by atoms with Gasteiger partial charge in [0.2, 0.25) is 0 Å². The average molecular weight is 555 g/mol. The van der Waals surface area contributed by atoms with Crippen molar-refractivity contribution in [1.82, 2.24) is 14.5 Å². The van der Waals surface area contributed by atoms with Gasteiger partial charge in [0, 0.05) is 8.95 Å². The Bertz CT molecular complexity index is 1460. The maximum Gasteiger partial charge on any atom is 0.266 e. The smallest absolute Gasteiger partial charge is 0.266 e. The zero-order valence-electron chi connectivity index (χ0n) is 16.3. The van der Waals surface area contributed by atoms with Gasteiger partial charge in [-0.3, -0.25) is 23.9 Å². The Labute approximate surface area is 198 Å². The van der Waals surface area contributed by atoms with Gasteiger partial charge in [-0.05, 0) is 64.5 Å². The van der Waals surface area contributed by atoms with Crippen molar-refractivity contribution in [3.63, 3.8) is 0 Å². The van der Waals surface area contributed by atoms with Crippen LogP contribution in [-0.2, 0) is 6.54 Å². The van der Waals surface area contributed by atoms with Crippen LogP contribution in [0.5, 0.6) is 5.75 Å². The minimum absolute atomic E-state index is 0.0444. The van der Waals surface area contributed by atoms with Crippen molar-refractivity contribution >= 4 is 54.6 Å². The van der Waals surface area contributed by atoms with Gasteiger partial charge in [0.25, 0.3) is 17.4 Å². The first-order valence-electron chi connectivity index (χ1n) is 9.50. The molecule has 0 atom stereocenters. The zero-order chi connectivity index (χ0) is 22.6. The van der Waals surface area contributed by atoms with Gasteiger partial charge < -0.3 is 5.11 Å². The first kappa shape index (κ1) is 20.6. The van der Waals surface area contributed by atoms with Crippen molar-refractivity contribution in [2.75, 3.05) is 0 Å². The summed E-state index contributed by atoms with van der Waals surface area (Å²) in [5, 5.41) is 10.0. The fourth-order valence-electron chi connectivity index (χ4n) is 3.76. The number of rotatable bonds is 3. The SMILES string of the molecule is O=C1c2ccccc2C(=O)N1Cc1nc2c(Br)cc(Br)cc2c(=O)n1-c1ccc(O)cc1. The second-order valence-electron chi connectivity index (χ2n) is 7.21. The average Bonchev–Trinajstić information content (AvgIpc) is 3.01. The number of carbonyl (C=O) groups excluding carboxylic acids is 2. The summed E-state index contributed by atoms with van der Waals surface area (Å²) in [6.07, 6.45) is 0. The van der Waals surface area contributed by atoms with E-state index in [1.165, 1.54) is 16.7 Å². The van der Waals surface area contributed by atoms with Crippen LogP contribution in [0.15, 0.2) is 74.4 Å². The second kappa shape index (κ2) is 7.68. The first-order valence-corrected chi connectivity index (χ1v) is 11.1. The molecule has 9 heteroatoms. The number of benzene rings is 3. The maximum atomic E-state index is 13.5. The molecule has 5 rings (SSSR count). The molecule has 1 aliphatic rings. The van der Waals surface area contributed by atoms with Crippen molar-refractivity contribution in [3.05, 3.63) is 96.9 Å². The summed E-state index contributed by atoms with van der Waals surface area (Å²) < 4.78 is 2.64. The molecule has 1 N–H and O–H groups in total. The number of amides is 2. The first-order chi connectivity index (χ1) is 15.3. The Morgan fingerprint density at radius 1 is 0.875 bits per heavy atom. The molecule has 1 aliphatic heterocycles. The van der Waals surface area contributed by atoms with Crippen molar-refractivity contribution in [2.24, 2.45) is 0 Å². The fraction of sp³-hybridized carbons (Fsp3) is 0.0435. The number of hydrogen-bond acceptors (Lipinski definition) is 5. The van der Waals surface area contributed by atoms with Gasteiger partial charge in [-0.15, -0.1) is 0 Å². The minimum Gasteiger partial charge on any atom is -0.508 e. The van der Waals surface area contributed by atoms with Crippen LogP contribution in [0.2, 0.25) is 0 Å². The van der Waals surface area contributed by atoms with Gasteiger partial charge in [-0.1, -0.05) is 28.1 Å². The summed E-state index contributed by atoms with van der Waals surface area (Å²) in [7, 11) is 0. The molecule has 7 nitrogen and oxygen atoms in total. The van der Waals surface area contributed by atoms with Gasteiger partial charge in [-0.2, -0.15) is 0 Å². The van der Waals surface area contributed by atoms with Crippen LogP contribution in [0, 0.1) is 0 Å². The third-order valence-electron chi connectivity index (χ3n) is 5.25. The Morgan fingerprint density at radius 3 is 2.12 bits per heavy atom. The lowest BCUT2D eigenvalue weighted by atomic mass is 10.1. The summed E-state index contributed by atoms with van der Waals surface area (Å²) in [6, 6.07) is 16.1. The van der Waals surface area contributed by atoms with Crippen LogP contribution in [0.4, 0.5) is 0 Å². The van der Waals surface area contributed by atoms with Crippen molar-refractivity contribution in [3.8, 4) is 11.4 Å². The molecule has 32 heavy (non-hydrogen) atoms. The lowest BCUT2D eigenvalue weighted by Crippen LogP contribution is -2.33. The predicted molar refractivity (Wildman–Crippen MR) is 125 cm³/mol. The standard InChI is InChI=1S/C23H13Br2N3O4/c24-12-9-17-20(18(25)10-12)26-19(28(23(17)32)13-5-7-14(29)8-6-13)11-27-21(30)15-3-1-2-4-16(15)22(27)31/h1-10,29H,11H2. The van der Waals surface area contributed by atoms with Crippen LogP contribution in [-0.4, -0.2) is 31.4 Å². The van der Waals surface area contributed by atoms with E-state index in [0.717, 1.165) is 4.90 Å². The van der Waals surface area contributed by atoms with Gasteiger partial charge in [0.05, 0.1) is 34.3 Å². The Hall–Kier alpha value is -3.30. The van der Waals surface area contributed by atoms with Crippen LogP contribution in [0.3, 0.4) is 0 Å². The predicted octanol–water partition coefficient (Wildman–Crippen LogP) is 4.41. The quantitative estimate of drug-likeness (QED) is 0.379. The largest absolute Gasteiger partial charge is 0.508 e. The fourth-order valence-corrected chi connectivity index (χ4v) is 5.07. The van der Waals surface area contributed by atoms with E-state index in [1.54, 1.807) is 48.5 Å².